The fourth-order valence-corrected chi connectivity index (χ4v) is 2.29. The number of halogens is 1. The van der Waals surface area contributed by atoms with Crippen molar-refractivity contribution in [3.05, 3.63) is 64.7 Å². The van der Waals surface area contributed by atoms with Crippen LogP contribution >= 0.6 is 0 Å². The van der Waals surface area contributed by atoms with E-state index in [1.165, 1.54) is 23.4 Å². The number of rotatable bonds is 3. The van der Waals surface area contributed by atoms with Crippen LogP contribution in [0.5, 0.6) is 0 Å². The quantitative estimate of drug-likeness (QED) is 0.894. The second-order valence-corrected chi connectivity index (χ2v) is 4.74. The van der Waals surface area contributed by atoms with E-state index in [4.69, 9.17) is 0 Å². The van der Waals surface area contributed by atoms with Crippen molar-refractivity contribution in [3.63, 3.8) is 0 Å². The van der Waals surface area contributed by atoms with E-state index in [1.54, 1.807) is 0 Å². The molecule has 0 bridgehead atoms. The molecule has 0 spiro atoms. The van der Waals surface area contributed by atoms with E-state index in [9.17, 15) is 9.18 Å². The molecule has 1 aromatic heterocycles. The van der Waals surface area contributed by atoms with Crippen molar-refractivity contribution in [2.45, 2.75) is 19.6 Å². The number of nitrogens with zero attached hydrogens (tertiary/aromatic N) is 1. The summed E-state index contributed by atoms with van der Waals surface area (Å²) in [5.41, 5.74) is 3.57. The lowest BCUT2D eigenvalue weighted by Crippen LogP contribution is -2.24. The Morgan fingerprint density at radius 3 is 3.00 bits per heavy atom. The van der Waals surface area contributed by atoms with Gasteiger partial charge in [-0.3, -0.25) is 9.78 Å². The molecule has 2 N–H and O–H groups in total. The molecule has 0 radical (unpaired) electrons. The third kappa shape index (κ3) is 2.53. The van der Waals surface area contributed by atoms with Gasteiger partial charge in [-0.05, 0) is 22.8 Å². The number of amides is 1. The average molecular weight is 271 g/mol. The summed E-state index contributed by atoms with van der Waals surface area (Å²) >= 11 is 0. The number of hydrogen-bond acceptors (Lipinski definition) is 3. The molecule has 0 saturated heterocycles. The van der Waals surface area contributed by atoms with Crippen LogP contribution in [0.15, 0.2) is 36.7 Å². The summed E-state index contributed by atoms with van der Waals surface area (Å²) in [6, 6.07) is 7.48. The summed E-state index contributed by atoms with van der Waals surface area (Å²) in [5, 5.41) is 5.99. The predicted molar refractivity (Wildman–Crippen MR) is 72.4 cm³/mol. The second kappa shape index (κ2) is 5.38. The lowest BCUT2D eigenvalue weighted by atomic mass is 10.1. The van der Waals surface area contributed by atoms with Crippen LogP contribution in [0, 0.1) is 5.82 Å². The highest BCUT2D eigenvalue weighted by Crippen LogP contribution is 2.17. The number of aromatic nitrogens is 1. The van der Waals surface area contributed by atoms with Crippen molar-refractivity contribution in [1.29, 1.82) is 0 Å². The van der Waals surface area contributed by atoms with Gasteiger partial charge in [-0.2, -0.15) is 0 Å². The maximum absolute atomic E-state index is 13.4. The van der Waals surface area contributed by atoms with Crippen LogP contribution in [0.2, 0.25) is 0 Å². The Hall–Kier alpha value is -2.27. The molecule has 102 valence electrons. The normalized spacial score (nSPS) is 13.1. The van der Waals surface area contributed by atoms with E-state index in [0.717, 1.165) is 24.8 Å². The van der Waals surface area contributed by atoms with E-state index >= 15 is 0 Å². The number of nitrogens with one attached hydrogen (secondary N) is 2. The largest absolute Gasteiger partial charge is 0.348 e. The molecule has 1 amide bonds. The summed E-state index contributed by atoms with van der Waals surface area (Å²) in [7, 11) is 0. The average Bonchev–Trinajstić information content (AvgIpc) is 2.92. The van der Waals surface area contributed by atoms with Crippen LogP contribution in [0.4, 0.5) is 4.39 Å². The maximum Gasteiger partial charge on any atom is 0.254 e. The minimum Gasteiger partial charge on any atom is -0.348 e. The molecule has 0 saturated carbocycles. The van der Waals surface area contributed by atoms with Gasteiger partial charge in [-0.25, -0.2) is 4.39 Å². The third-order valence-electron chi connectivity index (χ3n) is 3.37. The van der Waals surface area contributed by atoms with Gasteiger partial charge in [0.15, 0.2) is 5.82 Å². The van der Waals surface area contributed by atoms with Gasteiger partial charge in [0.2, 0.25) is 0 Å². The fraction of sp³-hybridized carbons (Fsp3) is 0.200. The van der Waals surface area contributed by atoms with Crippen LogP contribution in [0.25, 0.3) is 0 Å². The van der Waals surface area contributed by atoms with Crippen LogP contribution in [0.3, 0.4) is 0 Å². The molecule has 1 aromatic carbocycles. The van der Waals surface area contributed by atoms with Gasteiger partial charge in [-0.15, -0.1) is 0 Å². The molecular formula is C15H14FN3O. The highest BCUT2D eigenvalue weighted by atomic mass is 19.1. The minimum absolute atomic E-state index is 0.0165. The Kier molecular flexibility index (Phi) is 3.43. The van der Waals surface area contributed by atoms with Gasteiger partial charge >= 0.3 is 0 Å². The zero-order valence-electron chi connectivity index (χ0n) is 10.8. The third-order valence-corrected chi connectivity index (χ3v) is 3.37. The Labute approximate surface area is 116 Å². The Morgan fingerprint density at radius 1 is 1.30 bits per heavy atom. The SMILES string of the molecule is O=C(NCc1ccc2c(c1)CNC2)c1ccncc1F. The number of benzene rings is 1. The molecule has 4 nitrogen and oxygen atoms in total. The maximum atomic E-state index is 13.4. The molecule has 3 rings (SSSR count). The number of carbonyl (C=O) groups excluding carboxylic acids is 1. The van der Waals surface area contributed by atoms with Gasteiger partial charge in [0.1, 0.15) is 0 Å². The van der Waals surface area contributed by atoms with Gasteiger partial charge < -0.3 is 10.6 Å². The van der Waals surface area contributed by atoms with E-state index in [0.29, 0.717) is 6.54 Å². The second-order valence-electron chi connectivity index (χ2n) is 4.74. The number of pyridine rings is 1. The van der Waals surface area contributed by atoms with Crippen LogP contribution < -0.4 is 10.6 Å². The van der Waals surface area contributed by atoms with Crippen molar-refractivity contribution in [2.75, 3.05) is 0 Å². The monoisotopic (exact) mass is 271 g/mol. The standard InChI is InChI=1S/C15H14FN3O/c16-14-9-17-4-3-13(14)15(20)19-6-10-1-2-11-7-18-8-12(11)5-10/h1-5,9,18H,6-8H2,(H,19,20). The topological polar surface area (TPSA) is 54.0 Å². The summed E-state index contributed by atoms with van der Waals surface area (Å²) < 4.78 is 13.4. The molecule has 1 aliphatic heterocycles. The summed E-state index contributed by atoms with van der Waals surface area (Å²) in [6.07, 6.45) is 2.44. The fourth-order valence-electron chi connectivity index (χ4n) is 2.29. The molecule has 2 heterocycles. The van der Waals surface area contributed by atoms with Gasteiger partial charge in [-0.1, -0.05) is 18.2 Å². The molecule has 0 unspecified atom stereocenters. The molecular weight excluding hydrogens is 257 g/mol. The van der Waals surface area contributed by atoms with E-state index in [-0.39, 0.29) is 5.56 Å². The molecule has 2 aromatic rings. The number of hydrogen-bond donors (Lipinski definition) is 2. The van der Waals surface area contributed by atoms with Crippen molar-refractivity contribution >= 4 is 5.91 Å². The van der Waals surface area contributed by atoms with Crippen LogP contribution in [-0.2, 0) is 19.6 Å². The van der Waals surface area contributed by atoms with Crippen molar-refractivity contribution < 1.29 is 9.18 Å². The first kappa shape index (κ1) is 12.7. The number of carbonyl (C=O) groups is 1. The summed E-state index contributed by atoms with van der Waals surface area (Å²) in [5.74, 6) is -1.04. The molecule has 0 aliphatic carbocycles. The lowest BCUT2D eigenvalue weighted by Gasteiger charge is -2.07. The van der Waals surface area contributed by atoms with E-state index in [1.807, 2.05) is 6.07 Å². The van der Waals surface area contributed by atoms with Gasteiger partial charge in [0.25, 0.3) is 5.91 Å². The van der Waals surface area contributed by atoms with E-state index < -0.39 is 11.7 Å². The molecule has 0 fully saturated rings. The summed E-state index contributed by atoms with van der Waals surface area (Å²) in [4.78, 5) is 15.5. The Morgan fingerprint density at radius 2 is 2.15 bits per heavy atom. The van der Waals surface area contributed by atoms with Crippen molar-refractivity contribution in [3.8, 4) is 0 Å². The zero-order valence-corrected chi connectivity index (χ0v) is 10.8. The molecule has 1 aliphatic rings. The van der Waals surface area contributed by atoms with Crippen LogP contribution in [-0.4, -0.2) is 10.9 Å². The zero-order chi connectivity index (χ0) is 13.9. The predicted octanol–water partition coefficient (Wildman–Crippen LogP) is 1.75. The van der Waals surface area contributed by atoms with E-state index in [2.05, 4.69) is 27.8 Å². The lowest BCUT2D eigenvalue weighted by molar-refractivity contribution is 0.0946. The Bertz CT molecular complexity index is 657. The number of fused-ring (bicyclic) bond motifs is 1. The first-order chi connectivity index (χ1) is 9.74. The van der Waals surface area contributed by atoms with Gasteiger partial charge in [0.05, 0.1) is 11.8 Å². The van der Waals surface area contributed by atoms with Crippen molar-refractivity contribution in [1.82, 2.24) is 15.6 Å². The van der Waals surface area contributed by atoms with Gasteiger partial charge in [0, 0.05) is 25.8 Å². The Balaban J connectivity index is 1.68. The smallest absolute Gasteiger partial charge is 0.254 e. The minimum atomic E-state index is -0.608. The highest BCUT2D eigenvalue weighted by Gasteiger charge is 2.12. The van der Waals surface area contributed by atoms with Crippen LogP contribution in [0.1, 0.15) is 27.0 Å². The molecule has 20 heavy (non-hydrogen) atoms. The molecule has 5 heteroatoms. The van der Waals surface area contributed by atoms with Crippen molar-refractivity contribution in [2.24, 2.45) is 0 Å². The molecule has 0 atom stereocenters. The summed E-state index contributed by atoms with van der Waals surface area (Å²) in [6.45, 7) is 2.13. The highest BCUT2D eigenvalue weighted by molar-refractivity contribution is 5.94. The first-order valence-electron chi connectivity index (χ1n) is 6.43. The first-order valence-corrected chi connectivity index (χ1v) is 6.43.